The van der Waals surface area contributed by atoms with E-state index in [1.165, 1.54) is 19.3 Å². The highest BCUT2D eigenvalue weighted by Crippen LogP contribution is 2.40. The Labute approximate surface area is 128 Å². The fraction of sp³-hybridized carbons (Fsp3) is 1.00. The highest BCUT2D eigenvalue weighted by atomic mass is 16.5. The zero-order valence-electron chi connectivity index (χ0n) is 13.4. The van der Waals surface area contributed by atoms with Crippen LogP contribution in [0.1, 0.15) is 51.9 Å². The maximum absolute atomic E-state index is 6.54. The first-order chi connectivity index (χ1) is 10.2. The summed E-state index contributed by atoms with van der Waals surface area (Å²) in [6, 6.07) is 0.334. The minimum absolute atomic E-state index is 0.0757. The molecule has 0 amide bonds. The van der Waals surface area contributed by atoms with Gasteiger partial charge in [-0.25, -0.2) is 0 Å². The lowest BCUT2D eigenvalue weighted by atomic mass is 9.72. The molecular formula is C17H31NO3. The molecule has 4 nitrogen and oxygen atoms in total. The van der Waals surface area contributed by atoms with Crippen LogP contribution < -0.4 is 5.73 Å². The molecule has 2 unspecified atom stereocenters. The van der Waals surface area contributed by atoms with Gasteiger partial charge in [-0.15, -0.1) is 0 Å². The average Bonchev–Trinajstić information content (AvgIpc) is 2.46. The summed E-state index contributed by atoms with van der Waals surface area (Å²) >= 11 is 0. The van der Waals surface area contributed by atoms with E-state index in [1.54, 1.807) is 0 Å². The van der Waals surface area contributed by atoms with Crippen LogP contribution in [-0.2, 0) is 14.2 Å². The largest absolute Gasteiger partial charge is 0.381 e. The molecule has 0 radical (unpaired) electrons. The van der Waals surface area contributed by atoms with E-state index in [1.807, 2.05) is 0 Å². The van der Waals surface area contributed by atoms with Gasteiger partial charge in [0, 0.05) is 32.5 Å². The lowest BCUT2D eigenvalue weighted by Gasteiger charge is -2.46. The van der Waals surface area contributed by atoms with Gasteiger partial charge in [0.05, 0.1) is 11.7 Å². The second-order valence-corrected chi connectivity index (χ2v) is 7.21. The van der Waals surface area contributed by atoms with Crippen molar-refractivity contribution in [3.05, 3.63) is 0 Å². The van der Waals surface area contributed by atoms with Crippen LogP contribution >= 0.6 is 0 Å². The second-order valence-electron chi connectivity index (χ2n) is 7.21. The third kappa shape index (κ3) is 3.79. The Morgan fingerprint density at radius 1 is 1.24 bits per heavy atom. The van der Waals surface area contributed by atoms with Gasteiger partial charge in [0.15, 0.2) is 0 Å². The van der Waals surface area contributed by atoms with E-state index in [4.69, 9.17) is 19.9 Å². The van der Waals surface area contributed by atoms with Crippen LogP contribution in [-0.4, -0.2) is 44.2 Å². The van der Waals surface area contributed by atoms with Crippen LogP contribution in [0.15, 0.2) is 0 Å². The third-order valence-electron chi connectivity index (χ3n) is 5.74. The van der Waals surface area contributed by atoms with E-state index in [0.29, 0.717) is 18.1 Å². The lowest BCUT2D eigenvalue weighted by Crippen LogP contribution is -2.49. The molecule has 2 N–H and O–H groups in total. The highest BCUT2D eigenvalue weighted by molar-refractivity contribution is 4.93. The van der Waals surface area contributed by atoms with Gasteiger partial charge in [-0.3, -0.25) is 0 Å². The quantitative estimate of drug-likeness (QED) is 0.847. The van der Waals surface area contributed by atoms with Crippen molar-refractivity contribution in [2.45, 2.75) is 69.6 Å². The highest BCUT2D eigenvalue weighted by Gasteiger charge is 2.41. The van der Waals surface area contributed by atoms with Gasteiger partial charge in [-0.2, -0.15) is 0 Å². The van der Waals surface area contributed by atoms with Gasteiger partial charge in [-0.05, 0) is 63.7 Å². The van der Waals surface area contributed by atoms with E-state index < -0.39 is 0 Å². The smallest absolute Gasteiger partial charge is 0.0729 e. The van der Waals surface area contributed by atoms with Crippen molar-refractivity contribution in [1.29, 1.82) is 0 Å². The van der Waals surface area contributed by atoms with Crippen molar-refractivity contribution < 1.29 is 14.2 Å². The first-order valence-electron chi connectivity index (χ1n) is 8.79. The molecule has 4 heteroatoms. The molecule has 2 atom stereocenters. The molecule has 0 aromatic rings. The van der Waals surface area contributed by atoms with Crippen LogP contribution in [0.4, 0.5) is 0 Å². The molecule has 1 spiro atoms. The Bertz CT molecular complexity index is 318. The Kier molecular flexibility index (Phi) is 5.20. The minimum atomic E-state index is 0.0757. The normalized spacial score (nSPS) is 37.1. The van der Waals surface area contributed by atoms with E-state index in [0.717, 1.165) is 58.0 Å². The molecule has 0 bridgehead atoms. The molecule has 3 fully saturated rings. The van der Waals surface area contributed by atoms with Crippen molar-refractivity contribution in [1.82, 2.24) is 0 Å². The molecule has 0 aromatic heterocycles. The van der Waals surface area contributed by atoms with Gasteiger partial charge in [-0.1, -0.05) is 0 Å². The maximum atomic E-state index is 6.54. The summed E-state index contributed by atoms with van der Waals surface area (Å²) < 4.78 is 17.3. The summed E-state index contributed by atoms with van der Waals surface area (Å²) in [6.07, 6.45) is 8.46. The van der Waals surface area contributed by atoms with Crippen LogP contribution in [0.25, 0.3) is 0 Å². The average molecular weight is 297 g/mol. The third-order valence-corrected chi connectivity index (χ3v) is 5.74. The van der Waals surface area contributed by atoms with E-state index in [2.05, 4.69) is 6.92 Å². The van der Waals surface area contributed by atoms with Crippen molar-refractivity contribution in [3.8, 4) is 0 Å². The SMILES string of the molecule is CCOC1CC(CC(N)C2CCOC3(CCOCC3)C2)C1. The molecule has 122 valence electrons. The van der Waals surface area contributed by atoms with Crippen LogP contribution in [0.5, 0.6) is 0 Å². The predicted molar refractivity (Wildman–Crippen MR) is 82.2 cm³/mol. The topological polar surface area (TPSA) is 53.7 Å². The molecule has 0 aromatic carbocycles. The molecule has 2 saturated heterocycles. The first-order valence-corrected chi connectivity index (χ1v) is 8.79. The van der Waals surface area contributed by atoms with Crippen molar-refractivity contribution in [2.75, 3.05) is 26.4 Å². The molecule has 21 heavy (non-hydrogen) atoms. The number of rotatable bonds is 5. The summed E-state index contributed by atoms with van der Waals surface area (Å²) in [4.78, 5) is 0. The zero-order valence-corrected chi connectivity index (χ0v) is 13.4. The zero-order chi connectivity index (χ0) is 14.7. The first kappa shape index (κ1) is 15.7. The Morgan fingerprint density at radius 2 is 2.00 bits per heavy atom. The standard InChI is InChI=1S/C17H31NO3/c1-2-20-15-9-13(10-15)11-16(18)14-3-6-21-17(12-14)4-7-19-8-5-17/h13-16H,2-12,18H2,1H3. The number of hydrogen-bond acceptors (Lipinski definition) is 4. The van der Waals surface area contributed by atoms with Crippen LogP contribution in [0.2, 0.25) is 0 Å². The van der Waals surface area contributed by atoms with E-state index in [-0.39, 0.29) is 5.60 Å². The summed E-state index contributed by atoms with van der Waals surface area (Å²) in [5.74, 6) is 1.41. The molecule has 2 aliphatic heterocycles. The Morgan fingerprint density at radius 3 is 2.71 bits per heavy atom. The molecule has 3 rings (SSSR count). The lowest BCUT2D eigenvalue weighted by molar-refractivity contribution is -0.150. The van der Waals surface area contributed by atoms with Gasteiger partial charge in [0.1, 0.15) is 0 Å². The van der Waals surface area contributed by atoms with Crippen LogP contribution in [0.3, 0.4) is 0 Å². The van der Waals surface area contributed by atoms with Crippen molar-refractivity contribution in [2.24, 2.45) is 17.6 Å². The second kappa shape index (κ2) is 6.95. The molecule has 2 heterocycles. The van der Waals surface area contributed by atoms with Crippen LogP contribution in [0, 0.1) is 11.8 Å². The predicted octanol–water partition coefficient (Wildman–Crippen LogP) is 2.49. The fourth-order valence-corrected chi connectivity index (χ4v) is 4.34. The molecule has 3 aliphatic rings. The van der Waals surface area contributed by atoms with Crippen molar-refractivity contribution in [3.63, 3.8) is 0 Å². The summed E-state index contributed by atoms with van der Waals surface area (Å²) in [5.41, 5.74) is 6.62. The van der Waals surface area contributed by atoms with Gasteiger partial charge < -0.3 is 19.9 Å². The molecule has 1 saturated carbocycles. The molecule has 1 aliphatic carbocycles. The summed E-state index contributed by atoms with van der Waals surface area (Å²) in [7, 11) is 0. The van der Waals surface area contributed by atoms with Gasteiger partial charge in [0.25, 0.3) is 0 Å². The maximum Gasteiger partial charge on any atom is 0.0729 e. The number of hydrogen-bond donors (Lipinski definition) is 1. The Balaban J connectivity index is 1.45. The summed E-state index contributed by atoms with van der Waals surface area (Å²) in [5, 5.41) is 0. The van der Waals surface area contributed by atoms with Gasteiger partial charge in [0.2, 0.25) is 0 Å². The van der Waals surface area contributed by atoms with Gasteiger partial charge >= 0.3 is 0 Å². The number of ether oxygens (including phenoxy) is 3. The van der Waals surface area contributed by atoms with E-state index in [9.17, 15) is 0 Å². The Hall–Kier alpha value is -0.160. The van der Waals surface area contributed by atoms with Crippen molar-refractivity contribution >= 4 is 0 Å². The van der Waals surface area contributed by atoms with E-state index >= 15 is 0 Å². The number of nitrogens with two attached hydrogens (primary N) is 1. The summed E-state index contributed by atoms with van der Waals surface area (Å²) in [6.45, 7) is 5.49. The molecular weight excluding hydrogens is 266 g/mol. The minimum Gasteiger partial charge on any atom is -0.381 e. The fourth-order valence-electron chi connectivity index (χ4n) is 4.34. The monoisotopic (exact) mass is 297 g/mol.